The van der Waals surface area contributed by atoms with Gasteiger partial charge in [-0.05, 0) is 49.6 Å². The molecule has 1 heterocycles. The molecule has 0 amide bonds. The highest BCUT2D eigenvalue weighted by Crippen LogP contribution is 2.19. The van der Waals surface area contributed by atoms with Crippen LogP contribution in [0.15, 0.2) is 23.1 Å². The normalized spacial score (nSPS) is 24.4. The SMILES string of the molecule is Cc1cc(F)ccc1S(=O)(=O)N[C@H]1CNCC[C@H]1C. The van der Waals surface area contributed by atoms with Gasteiger partial charge >= 0.3 is 0 Å². The molecule has 1 aromatic rings. The molecule has 0 saturated carbocycles. The van der Waals surface area contributed by atoms with Crippen LogP contribution in [0.25, 0.3) is 0 Å². The lowest BCUT2D eigenvalue weighted by Gasteiger charge is -2.30. The first-order chi connectivity index (χ1) is 8.90. The Balaban J connectivity index is 2.22. The van der Waals surface area contributed by atoms with E-state index in [9.17, 15) is 12.8 Å². The average Bonchev–Trinajstić information content (AvgIpc) is 2.31. The second-order valence-electron chi connectivity index (χ2n) is 5.11. The summed E-state index contributed by atoms with van der Waals surface area (Å²) in [5, 5.41) is 3.18. The summed E-state index contributed by atoms with van der Waals surface area (Å²) in [4.78, 5) is 0.145. The second kappa shape index (κ2) is 5.56. The molecule has 0 radical (unpaired) electrons. The summed E-state index contributed by atoms with van der Waals surface area (Å²) >= 11 is 0. The van der Waals surface area contributed by atoms with Crippen LogP contribution >= 0.6 is 0 Å². The van der Waals surface area contributed by atoms with Crippen molar-refractivity contribution < 1.29 is 12.8 Å². The highest BCUT2D eigenvalue weighted by atomic mass is 32.2. The molecule has 0 spiro atoms. The van der Waals surface area contributed by atoms with Crippen LogP contribution in [0.5, 0.6) is 0 Å². The molecule has 4 nitrogen and oxygen atoms in total. The van der Waals surface area contributed by atoms with E-state index in [0.717, 1.165) is 13.0 Å². The molecule has 2 rings (SSSR count). The van der Waals surface area contributed by atoms with E-state index in [1.807, 2.05) is 6.92 Å². The number of nitrogens with one attached hydrogen (secondary N) is 2. The maximum atomic E-state index is 13.0. The van der Waals surface area contributed by atoms with E-state index < -0.39 is 15.8 Å². The summed E-state index contributed by atoms with van der Waals surface area (Å²) in [6.45, 7) is 5.17. The Morgan fingerprint density at radius 2 is 2.16 bits per heavy atom. The third kappa shape index (κ3) is 3.32. The van der Waals surface area contributed by atoms with Crippen molar-refractivity contribution in [2.45, 2.75) is 31.2 Å². The second-order valence-corrected chi connectivity index (χ2v) is 6.79. The first-order valence-electron chi connectivity index (χ1n) is 6.39. The highest BCUT2D eigenvalue weighted by molar-refractivity contribution is 7.89. The summed E-state index contributed by atoms with van der Waals surface area (Å²) in [6.07, 6.45) is 0.940. The van der Waals surface area contributed by atoms with Crippen molar-refractivity contribution in [1.82, 2.24) is 10.0 Å². The van der Waals surface area contributed by atoms with Gasteiger partial charge in [-0.1, -0.05) is 6.92 Å². The third-order valence-electron chi connectivity index (χ3n) is 3.56. The van der Waals surface area contributed by atoms with E-state index in [1.165, 1.54) is 18.2 Å². The van der Waals surface area contributed by atoms with Gasteiger partial charge in [0.05, 0.1) is 4.90 Å². The lowest BCUT2D eigenvalue weighted by Crippen LogP contribution is -2.50. The molecular weight excluding hydrogens is 267 g/mol. The van der Waals surface area contributed by atoms with Gasteiger partial charge in [0, 0.05) is 12.6 Å². The topological polar surface area (TPSA) is 58.2 Å². The fraction of sp³-hybridized carbons (Fsp3) is 0.538. The maximum Gasteiger partial charge on any atom is 0.241 e. The monoisotopic (exact) mass is 286 g/mol. The third-order valence-corrected chi connectivity index (χ3v) is 5.21. The van der Waals surface area contributed by atoms with Gasteiger partial charge in [0.2, 0.25) is 10.0 Å². The molecule has 6 heteroatoms. The van der Waals surface area contributed by atoms with Crippen LogP contribution in [0.3, 0.4) is 0 Å². The van der Waals surface area contributed by atoms with Crippen LogP contribution in [-0.4, -0.2) is 27.5 Å². The zero-order valence-corrected chi connectivity index (χ0v) is 11.9. The molecule has 0 bridgehead atoms. The highest BCUT2D eigenvalue weighted by Gasteiger charge is 2.27. The number of benzene rings is 1. The van der Waals surface area contributed by atoms with E-state index in [0.29, 0.717) is 12.1 Å². The molecule has 1 aromatic carbocycles. The lowest BCUT2D eigenvalue weighted by molar-refractivity contribution is 0.327. The number of aryl methyl sites for hydroxylation is 1. The van der Waals surface area contributed by atoms with E-state index >= 15 is 0 Å². The minimum Gasteiger partial charge on any atom is -0.315 e. The Morgan fingerprint density at radius 1 is 1.42 bits per heavy atom. The molecule has 1 fully saturated rings. The van der Waals surface area contributed by atoms with Crippen molar-refractivity contribution in [2.75, 3.05) is 13.1 Å². The van der Waals surface area contributed by atoms with Crippen molar-refractivity contribution >= 4 is 10.0 Å². The quantitative estimate of drug-likeness (QED) is 0.883. The number of rotatable bonds is 3. The van der Waals surface area contributed by atoms with Gasteiger partial charge in [0.15, 0.2) is 0 Å². The van der Waals surface area contributed by atoms with E-state index in [4.69, 9.17) is 0 Å². The van der Waals surface area contributed by atoms with Crippen LogP contribution in [-0.2, 0) is 10.0 Å². The van der Waals surface area contributed by atoms with Gasteiger partial charge in [-0.15, -0.1) is 0 Å². The van der Waals surface area contributed by atoms with Gasteiger partial charge in [-0.3, -0.25) is 0 Å². The molecule has 1 saturated heterocycles. The number of piperidine rings is 1. The number of hydrogen-bond acceptors (Lipinski definition) is 3. The van der Waals surface area contributed by atoms with Crippen molar-refractivity contribution in [2.24, 2.45) is 5.92 Å². The van der Waals surface area contributed by atoms with E-state index in [-0.39, 0.29) is 16.9 Å². The smallest absolute Gasteiger partial charge is 0.241 e. The molecule has 106 valence electrons. The van der Waals surface area contributed by atoms with Crippen molar-refractivity contribution in [1.29, 1.82) is 0 Å². The molecule has 2 atom stereocenters. The van der Waals surface area contributed by atoms with E-state index in [1.54, 1.807) is 6.92 Å². The van der Waals surface area contributed by atoms with Gasteiger partial charge < -0.3 is 5.32 Å². The number of sulfonamides is 1. The standard InChI is InChI=1S/C13H19FN2O2S/c1-9-5-6-15-8-12(9)16-19(17,18)13-4-3-11(14)7-10(13)2/h3-4,7,9,12,15-16H,5-6,8H2,1-2H3/t9-,12+/m1/s1. The number of hydrogen-bond donors (Lipinski definition) is 2. The first-order valence-corrected chi connectivity index (χ1v) is 7.87. The lowest BCUT2D eigenvalue weighted by atomic mass is 9.96. The van der Waals surface area contributed by atoms with Crippen molar-refractivity contribution in [3.05, 3.63) is 29.6 Å². The largest absolute Gasteiger partial charge is 0.315 e. The van der Waals surface area contributed by atoms with Gasteiger partial charge in [0.1, 0.15) is 5.82 Å². The van der Waals surface area contributed by atoms with Gasteiger partial charge in [-0.2, -0.15) is 0 Å². The summed E-state index contributed by atoms with van der Waals surface area (Å²) in [5.74, 6) is -0.138. The Morgan fingerprint density at radius 3 is 2.79 bits per heavy atom. The fourth-order valence-electron chi connectivity index (χ4n) is 2.32. The molecule has 19 heavy (non-hydrogen) atoms. The van der Waals surface area contributed by atoms with E-state index in [2.05, 4.69) is 10.0 Å². The van der Waals surface area contributed by atoms with Crippen LogP contribution in [0, 0.1) is 18.7 Å². The van der Waals surface area contributed by atoms with Crippen LogP contribution in [0.2, 0.25) is 0 Å². The number of halogens is 1. The molecule has 1 aliphatic rings. The molecule has 0 unspecified atom stereocenters. The Labute approximate surface area is 113 Å². The maximum absolute atomic E-state index is 13.0. The van der Waals surface area contributed by atoms with Crippen molar-refractivity contribution in [3.63, 3.8) is 0 Å². The fourth-order valence-corrected chi connectivity index (χ4v) is 3.90. The van der Waals surface area contributed by atoms with Crippen LogP contribution in [0.4, 0.5) is 4.39 Å². The average molecular weight is 286 g/mol. The Kier molecular flexibility index (Phi) is 4.23. The zero-order chi connectivity index (χ0) is 14.0. The predicted octanol–water partition coefficient (Wildman–Crippen LogP) is 1.41. The van der Waals surface area contributed by atoms with Crippen LogP contribution < -0.4 is 10.0 Å². The minimum absolute atomic E-state index is 0.122. The minimum atomic E-state index is -3.60. The summed E-state index contributed by atoms with van der Waals surface area (Å²) in [7, 11) is -3.60. The first kappa shape index (κ1) is 14.4. The van der Waals surface area contributed by atoms with Crippen molar-refractivity contribution in [3.8, 4) is 0 Å². The molecular formula is C13H19FN2O2S. The molecule has 0 aliphatic carbocycles. The summed E-state index contributed by atoms with van der Waals surface area (Å²) in [5.41, 5.74) is 0.420. The molecule has 0 aromatic heterocycles. The predicted molar refractivity (Wildman–Crippen MR) is 71.9 cm³/mol. The van der Waals surface area contributed by atoms with Crippen LogP contribution in [0.1, 0.15) is 18.9 Å². The summed E-state index contributed by atoms with van der Waals surface area (Å²) in [6, 6.07) is 3.60. The summed E-state index contributed by atoms with van der Waals surface area (Å²) < 4.78 is 40.4. The Hall–Kier alpha value is -0.980. The molecule has 1 aliphatic heterocycles. The van der Waals surface area contributed by atoms with Gasteiger partial charge in [-0.25, -0.2) is 17.5 Å². The zero-order valence-electron chi connectivity index (χ0n) is 11.1. The van der Waals surface area contributed by atoms with Gasteiger partial charge in [0.25, 0.3) is 0 Å². The Bertz CT molecular complexity index is 560. The molecule has 2 N–H and O–H groups in total.